The number of likely N-dealkylation sites (tertiary alicyclic amines) is 2. The first-order valence-electron chi connectivity index (χ1n) is 10.7. The Morgan fingerprint density at radius 2 is 1.76 bits per heavy atom. The third kappa shape index (κ3) is 4.70. The highest BCUT2D eigenvalue weighted by Gasteiger charge is 2.34. The van der Waals surface area contributed by atoms with E-state index in [0.29, 0.717) is 36.5 Å². The van der Waals surface area contributed by atoms with Crippen LogP contribution in [0.5, 0.6) is 0 Å². The molecule has 0 saturated carbocycles. The predicted octanol–water partition coefficient (Wildman–Crippen LogP) is 0.839. The normalized spacial score (nSPS) is 24.5. The van der Waals surface area contributed by atoms with Crippen LogP contribution in [0.1, 0.15) is 36.0 Å². The molecular formula is C21H31N5O3. The lowest BCUT2D eigenvalue weighted by Crippen LogP contribution is -2.53. The van der Waals surface area contributed by atoms with Crippen LogP contribution in [0.25, 0.3) is 0 Å². The molecule has 3 saturated heterocycles. The van der Waals surface area contributed by atoms with Crippen molar-refractivity contribution in [3.8, 4) is 0 Å². The molecule has 0 unspecified atom stereocenters. The number of carbonyl (C=O) groups is 2. The molecule has 4 rings (SSSR count). The van der Waals surface area contributed by atoms with Crippen LogP contribution < -0.4 is 5.73 Å². The third-order valence-corrected chi connectivity index (χ3v) is 6.43. The lowest BCUT2D eigenvalue weighted by atomic mass is 9.92. The molecule has 1 aromatic rings. The Kier molecular flexibility index (Phi) is 6.30. The molecule has 0 aromatic carbocycles. The average Bonchev–Trinajstić information content (AvgIpc) is 2.79. The lowest BCUT2D eigenvalue weighted by Gasteiger charge is -2.43. The molecule has 2 amide bonds. The van der Waals surface area contributed by atoms with Gasteiger partial charge < -0.3 is 20.3 Å². The molecule has 0 aliphatic carbocycles. The zero-order valence-electron chi connectivity index (χ0n) is 17.0. The molecule has 3 fully saturated rings. The van der Waals surface area contributed by atoms with Crippen molar-refractivity contribution < 1.29 is 14.3 Å². The van der Waals surface area contributed by atoms with Crippen LogP contribution in [0.2, 0.25) is 0 Å². The van der Waals surface area contributed by atoms with Gasteiger partial charge in [-0.1, -0.05) is 0 Å². The minimum atomic E-state index is 0.0231. The summed E-state index contributed by atoms with van der Waals surface area (Å²) in [5.41, 5.74) is 6.20. The van der Waals surface area contributed by atoms with E-state index in [0.717, 1.165) is 65.0 Å². The van der Waals surface area contributed by atoms with E-state index in [9.17, 15) is 9.59 Å². The minimum absolute atomic E-state index is 0.0231. The largest absolute Gasteiger partial charge is 0.384 e. The number of hydrogen-bond acceptors (Lipinski definition) is 6. The zero-order valence-corrected chi connectivity index (χ0v) is 17.0. The summed E-state index contributed by atoms with van der Waals surface area (Å²) >= 11 is 0. The lowest BCUT2D eigenvalue weighted by molar-refractivity contribution is -0.141. The molecule has 1 aromatic heterocycles. The zero-order chi connectivity index (χ0) is 20.2. The molecular weight excluding hydrogens is 370 g/mol. The van der Waals surface area contributed by atoms with Crippen molar-refractivity contribution in [2.24, 2.45) is 5.92 Å². The van der Waals surface area contributed by atoms with Gasteiger partial charge in [-0.25, -0.2) is 4.98 Å². The van der Waals surface area contributed by atoms with Gasteiger partial charge in [0.05, 0.1) is 24.7 Å². The number of aromatic nitrogens is 1. The Morgan fingerprint density at radius 3 is 2.45 bits per heavy atom. The maximum Gasteiger partial charge on any atom is 0.255 e. The summed E-state index contributed by atoms with van der Waals surface area (Å²) in [6.45, 7) is 6.12. The van der Waals surface area contributed by atoms with Gasteiger partial charge in [0.2, 0.25) is 5.91 Å². The Bertz CT molecular complexity index is 712. The van der Waals surface area contributed by atoms with Crippen molar-refractivity contribution in [2.45, 2.75) is 31.7 Å². The van der Waals surface area contributed by atoms with E-state index >= 15 is 0 Å². The smallest absolute Gasteiger partial charge is 0.255 e. The number of anilines is 1. The summed E-state index contributed by atoms with van der Waals surface area (Å²) in [5, 5.41) is 0. The minimum Gasteiger partial charge on any atom is -0.384 e. The van der Waals surface area contributed by atoms with Crippen molar-refractivity contribution in [1.82, 2.24) is 19.7 Å². The second kappa shape index (κ2) is 9.09. The molecule has 8 heteroatoms. The van der Waals surface area contributed by atoms with Crippen LogP contribution in [-0.2, 0) is 9.53 Å². The average molecular weight is 402 g/mol. The molecule has 4 heterocycles. The van der Waals surface area contributed by atoms with E-state index in [1.807, 2.05) is 9.80 Å². The van der Waals surface area contributed by atoms with Crippen molar-refractivity contribution >= 4 is 17.6 Å². The summed E-state index contributed by atoms with van der Waals surface area (Å²) < 4.78 is 5.37. The first-order valence-corrected chi connectivity index (χ1v) is 10.7. The van der Waals surface area contributed by atoms with Crippen LogP contribution >= 0.6 is 0 Å². The fourth-order valence-corrected chi connectivity index (χ4v) is 4.73. The third-order valence-electron chi connectivity index (χ3n) is 6.43. The Balaban J connectivity index is 1.29. The number of nitrogens with zero attached hydrogens (tertiary/aromatic N) is 4. The highest BCUT2D eigenvalue weighted by atomic mass is 16.5. The molecule has 3 aliphatic rings. The number of pyridine rings is 1. The number of hydrogen-bond donors (Lipinski definition) is 1. The summed E-state index contributed by atoms with van der Waals surface area (Å²) in [4.78, 5) is 36.0. The number of carbonyl (C=O) groups excluding carboxylic acids is 2. The van der Waals surface area contributed by atoms with E-state index in [1.54, 1.807) is 18.3 Å². The number of morpholine rings is 1. The molecule has 3 aliphatic heterocycles. The molecule has 0 bridgehead atoms. The summed E-state index contributed by atoms with van der Waals surface area (Å²) in [7, 11) is 0. The maximum absolute atomic E-state index is 12.9. The molecule has 29 heavy (non-hydrogen) atoms. The number of nitrogen functional groups attached to an aromatic ring is 1. The Morgan fingerprint density at radius 1 is 1.00 bits per heavy atom. The van der Waals surface area contributed by atoms with Crippen molar-refractivity contribution in [1.29, 1.82) is 0 Å². The van der Waals surface area contributed by atoms with Gasteiger partial charge in [0, 0.05) is 45.0 Å². The van der Waals surface area contributed by atoms with Crippen molar-refractivity contribution in [3.63, 3.8) is 0 Å². The molecule has 1 atom stereocenters. The summed E-state index contributed by atoms with van der Waals surface area (Å²) in [6.07, 6.45) is 5.50. The number of rotatable bonds is 3. The topological polar surface area (TPSA) is 92.0 Å². The van der Waals surface area contributed by atoms with E-state index < -0.39 is 0 Å². The number of nitrogens with two attached hydrogens (primary N) is 1. The van der Waals surface area contributed by atoms with Gasteiger partial charge >= 0.3 is 0 Å². The molecule has 0 spiro atoms. The number of piperidine rings is 2. The second-order valence-corrected chi connectivity index (χ2v) is 8.27. The van der Waals surface area contributed by atoms with Crippen LogP contribution in [0, 0.1) is 5.92 Å². The number of amides is 2. The SMILES string of the molecule is Nc1ccc(C(=O)N2CCC(N3CCC[C@@H](C(=O)N4CCOCC4)C3)CC2)cn1. The predicted molar refractivity (Wildman–Crippen MR) is 109 cm³/mol. The van der Waals surface area contributed by atoms with E-state index in [-0.39, 0.29) is 11.8 Å². The second-order valence-electron chi connectivity index (χ2n) is 8.27. The molecule has 2 N–H and O–H groups in total. The van der Waals surface area contributed by atoms with Crippen LogP contribution in [0.3, 0.4) is 0 Å². The van der Waals surface area contributed by atoms with Crippen LogP contribution in [0.15, 0.2) is 18.3 Å². The monoisotopic (exact) mass is 401 g/mol. The molecule has 158 valence electrons. The molecule has 8 nitrogen and oxygen atoms in total. The van der Waals surface area contributed by atoms with Gasteiger partial charge in [0.25, 0.3) is 5.91 Å². The molecule has 0 radical (unpaired) electrons. The van der Waals surface area contributed by atoms with E-state index in [4.69, 9.17) is 10.5 Å². The van der Waals surface area contributed by atoms with E-state index in [2.05, 4.69) is 9.88 Å². The van der Waals surface area contributed by atoms with Gasteiger partial charge in [-0.3, -0.25) is 14.5 Å². The fourth-order valence-electron chi connectivity index (χ4n) is 4.73. The van der Waals surface area contributed by atoms with Gasteiger partial charge in [0.1, 0.15) is 5.82 Å². The standard InChI is InChI=1S/C21H31N5O3/c22-19-4-3-16(14-23-19)20(27)24-8-5-18(6-9-24)26-7-1-2-17(15-26)21(28)25-10-12-29-13-11-25/h3-4,14,17-18H,1-2,5-13,15H2,(H2,22,23)/t17-/m1/s1. The highest BCUT2D eigenvalue weighted by Crippen LogP contribution is 2.26. The first kappa shape index (κ1) is 20.1. The highest BCUT2D eigenvalue weighted by molar-refractivity contribution is 5.94. The summed E-state index contributed by atoms with van der Waals surface area (Å²) in [6, 6.07) is 3.85. The van der Waals surface area contributed by atoms with Crippen LogP contribution in [-0.4, -0.2) is 90.0 Å². The maximum atomic E-state index is 12.9. The first-order chi connectivity index (χ1) is 14.1. The van der Waals surface area contributed by atoms with Crippen molar-refractivity contribution in [2.75, 3.05) is 58.2 Å². The Hall–Kier alpha value is -2.19. The van der Waals surface area contributed by atoms with Gasteiger partial charge in [-0.05, 0) is 44.4 Å². The fraction of sp³-hybridized carbons (Fsp3) is 0.667. The van der Waals surface area contributed by atoms with Gasteiger partial charge in [-0.2, -0.15) is 0 Å². The quantitative estimate of drug-likeness (QED) is 0.807. The van der Waals surface area contributed by atoms with Gasteiger partial charge in [-0.15, -0.1) is 0 Å². The van der Waals surface area contributed by atoms with Gasteiger partial charge in [0.15, 0.2) is 0 Å². The summed E-state index contributed by atoms with van der Waals surface area (Å²) in [5.74, 6) is 0.838. The van der Waals surface area contributed by atoms with E-state index in [1.165, 1.54) is 0 Å². The number of ether oxygens (including phenoxy) is 1. The van der Waals surface area contributed by atoms with Crippen molar-refractivity contribution in [3.05, 3.63) is 23.9 Å². The Labute approximate surface area is 172 Å². The van der Waals surface area contributed by atoms with Crippen LogP contribution in [0.4, 0.5) is 5.82 Å².